The fourth-order valence-corrected chi connectivity index (χ4v) is 8.51. The van der Waals surface area contributed by atoms with Gasteiger partial charge in [-0.05, 0) is 50.6 Å². The number of hydrogen-bond donors (Lipinski definition) is 4. The number of benzene rings is 2. The molecule has 0 aliphatic heterocycles. The predicted octanol–water partition coefficient (Wildman–Crippen LogP) is 4.80. The summed E-state index contributed by atoms with van der Waals surface area (Å²) in [6, 6.07) is 7.48. The summed E-state index contributed by atoms with van der Waals surface area (Å²) < 4.78 is 74.7. The maximum absolute atomic E-state index is 14.7. The van der Waals surface area contributed by atoms with Crippen molar-refractivity contribution >= 4 is 43.2 Å². The van der Waals surface area contributed by atoms with E-state index in [4.69, 9.17) is 9.72 Å². The van der Waals surface area contributed by atoms with Gasteiger partial charge in [0.2, 0.25) is 5.95 Å². The molecule has 11 nitrogen and oxygen atoms in total. The summed E-state index contributed by atoms with van der Waals surface area (Å²) >= 11 is 1.36. The first-order valence-electron chi connectivity index (χ1n) is 14.8. The summed E-state index contributed by atoms with van der Waals surface area (Å²) in [7, 11) is -2.63. The molecule has 0 radical (unpaired) electrons. The normalized spacial score (nSPS) is 19.5. The molecule has 0 bridgehead atoms. The minimum atomic E-state index is -3.93. The summed E-state index contributed by atoms with van der Waals surface area (Å²) in [4.78, 5) is 18.1. The zero-order valence-corrected chi connectivity index (χ0v) is 27.5. The zero-order chi connectivity index (χ0) is 34.3. The van der Waals surface area contributed by atoms with Crippen LogP contribution in [0.1, 0.15) is 23.4 Å². The van der Waals surface area contributed by atoms with Crippen molar-refractivity contribution in [3.05, 3.63) is 83.1 Å². The number of fused-ring (bicyclic) bond motifs is 1. The van der Waals surface area contributed by atoms with Crippen molar-refractivity contribution in [1.29, 1.82) is 0 Å². The number of aromatic nitrogens is 4. The van der Waals surface area contributed by atoms with Gasteiger partial charge in [0.25, 0.3) is 0 Å². The summed E-state index contributed by atoms with van der Waals surface area (Å²) in [5.74, 6) is -3.35. The number of nitrogens with one attached hydrogen (secondary N) is 2. The molecular formula is C32H31F3N6O5S2. The van der Waals surface area contributed by atoms with Crippen LogP contribution in [-0.2, 0) is 16.4 Å². The van der Waals surface area contributed by atoms with E-state index in [9.17, 15) is 31.8 Å². The van der Waals surface area contributed by atoms with Gasteiger partial charge in [-0.15, -0.1) is 11.3 Å². The van der Waals surface area contributed by atoms with Crippen LogP contribution in [0, 0.1) is 37.2 Å². The van der Waals surface area contributed by atoms with E-state index in [0.29, 0.717) is 27.5 Å². The van der Waals surface area contributed by atoms with Crippen molar-refractivity contribution in [2.24, 2.45) is 5.92 Å². The van der Waals surface area contributed by atoms with E-state index in [1.807, 2.05) is 13.0 Å². The van der Waals surface area contributed by atoms with Crippen LogP contribution in [0.5, 0.6) is 5.75 Å². The molecular weight excluding hydrogens is 670 g/mol. The van der Waals surface area contributed by atoms with Crippen LogP contribution in [0.15, 0.2) is 53.6 Å². The SMILES string of the molecule is COc1cc(F)c(CNc2nc(C)c(-c3nc4c(C)nccc4s3)c(N[C@@H]3C[C@H](CS(=O)(=O)c4ccc(F)cc4)[C@@H](O)[C@H]3O)n2)c(F)c1. The molecule has 1 aliphatic carbocycles. The number of halogens is 3. The van der Waals surface area contributed by atoms with Crippen molar-refractivity contribution in [3.63, 3.8) is 0 Å². The van der Waals surface area contributed by atoms with Crippen molar-refractivity contribution in [1.82, 2.24) is 19.9 Å². The Bertz CT molecular complexity index is 2080. The van der Waals surface area contributed by atoms with Gasteiger partial charge >= 0.3 is 0 Å². The molecule has 0 saturated heterocycles. The molecule has 2 aromatic carbocycles. The number of sulfone groups is 1. The molecule has 4 atom stereocenters. The molecule has 16 heteroatoms. The second kappa shape index (κ2) is 13.3. The van der Waals surface area contributed by atoms with Gasteiger partial charge in [0.05, 0.1) is 51.6 Å². The van der Waals surface area contributed by atoms with Gasteiger partial charge < -0.3 is 25.6 Å². The molecule has 5 aromatic rings. The second-order valence-electron chi connectivity index (χ2n) is 11.5. The van der Waals surface area contributed by atoms with E-state index in [2.05, 4.69) is 25.6 Å². The zero-order valence-electron chi connectivity index (χ0n) is 25.9. The molecule has 4 N–H and O–H groups in total. The maximum atomic E-state index is 14.7. The van der Waals surface area contributed by atoms with Gasteiger partial charge in [0.15, 0.2) is 9.84 Å². The molecule has 0 spiro atoms. The van der Waals surface area contributed by atoms with Gasteiger partial charge in [0.1, 0.15) is 45.6 Å². The van der Waals surface area contributed by atoms with Crippen molar-refractivity contribution < 1.29 is 36.5 Å². The lowest BCUT2D eigenvalue weighted by Gasteiger charge is -2.21. The Kier molecular flexibility index (Phi) is 9.26. The first-order valence-corrected chi connectivity index (χ1v) is 17.3. The lowest BCUT2D eigenvalue weighted by Crippen LogP contribution is -2.36. The van der Waals surface area contributed by atoms with Crippen LogP contribution in [0.4, 0.5) is 24.9 Å². The van der Waals surface area contributed by atoms with Gasteiger partial charge in [-0.2, -0.15) is 4.98 Å². The highest BCUT2D eigenvalue weighted by Gasteiger charge is 2.44. The fourth-order valence-electron chi connectivity index (χ4n) is 5.76. The number of aliphatic hydroxyl groups excluding tert-OH is 2. The summed E-state index contributed by atoms with van der Waals surface area (Å²) in [5, 5.41) is 28.5. The number of ether oxygens (including phenoxy) is 1. The molecule has 1 fully saturated rings. The van der Waals surface area contributed by atoms with Gasteiger partial charge in [0, 0.05) is 36.4 Å². The molecule has 1 saturated carbocycles. The molecule has 3 heterocycles. The number of aliphatic hydroxyl groups is 2. The van der Waals surface area contributed by atoms with Crippen LogP contribution >= 0.6 is 11.3 Å². The van der Waals surface area contributed by atoms with Crippen molar-refractivity contribution in [2.75, 3.05) is 23.5 Å². The molecule has 6 rings (SSSR count). The average Bonchev–Trinajstić information content (AvgIpc) is 3.58. The number of aryl methyl sites for hydroxylation is 2. The van der Waals surface area contributed by atoms with E-state index in [1.165, 1.54) is 18.4 Å². The quantitative estimate of drug-likeness (QED) is 0.148. The Morgan fingerprint density at radius 2 is 1.69 bits per heavy atom. The topological polar surface area (TPSA) is 159 Å². The predicted molar refractivity (Wildman–Crippen MR) is 174 cm³/mol. The standard InChI is InChI=1S/C32H31F3N6O5S2/c1-15-26(31-40-27-16(2)36-9-8-25(27)47-31)30(41-32(38-15)37-13-21-22(34)11-19(46-3)12-23(21)35)39-24-10-17(28(42)29(24)43)14-48(44,45)20-6-4-18(33)5-7-20/h4-9,11-12,17,24,28-29,42-43H,10,13-14H2,1-3H3,(H2,37,38,39,41)/t17-,24-,28-,29+/m1/s1. The van der Waals surface area contributed by atoms with Crippen LogP contribution in [-0.4, -0.2) is 69.7 Å². The Morgan fingerprint density at radius 1 is 0.979 bits per heavy atom. The fraction of sp³-hybridized carbons (Fsp3) is 0.312. The van der Waals surface area contributed by atoms with Gasteiger partial charge in [-0.1, -0.05) is 0 Å². The van der Waals surface area contributed by atoms with Crippen LogP contribution in [0.25, 0.3) is 20.8 Å². The third-order valence-corrected chi connectivity index (χ3v) is 11.2. The lowest BCUT2D eigenvalue weighted by molar-refractivity contribution is 0.0216. The number of thiazole rings is 1. The first kappa shape index (κ1) is 33.5. The Balaban J connectivity index is 1.32. The highest BCUT2D eigenvalue weighted by molar-refractivity contribution is 7.91. The van der Waals surface area contributed by atoms with E-state index in [-0.39, 0.29) is 40.9 Å². The van der Waals surface area contributed by atoms with E-state index in [1.54, 1.807) is 13.1 Å². The van der Waals surface area contributed by atoms with E-state index < -0.39 is 57.2 Å². The first-order chi connectivity index (χ1) is 22.8. The molecule has 0 amide bonds. The van der Waals surface area contributed by atoms with E-state index in [0.717, 1.165) is 41.1 Å². The molecule has 252 valence electrons. The molecule has 1 aliphatic rings. The van der Waals surface area contributed by atoms with Crippen LogP contribution in [0.2, 0.25) is 0 Å². The van der Waals surface area contributed by atoms with E-state index >= 15 is 0 Å². The van der Waals surface area contributed by atoms with Crippen LogP contribution in [0.3, 0.4) is 0 Å². The highest BCUT2D eigenvalue weighted by atomic mass is 32.2. The number of pyridine rings is 1. The Morgan fingerprint density at radius 3 is 2.35 bits per heavy atom. The monoisotopic (exact) mass is 700 g/mol. The van der Waals surface area contributed by atoms with Gasteiger partial charge in [-0.3, -0.25) is 4.98 Å². The number of anilines is 2. The average molecular weight is 701 g/mol. The summed E-state index contributed by atoms with van der Waals surface area (Å²) in [6.45, 7) is 3.23. The minimum Gasteiger partial charge on any atom is -0.497 e. The van der Waals surface area contributed by atoms with Crippen molar-refractivity contribution in [3.8, 4) is 16.3 Å². The largest absolute Gasteiger partial charge is 0.497 e. The molecule has 0 unspecified atom stereocenters. The van der Waals surface area contributed by atoms with Crippen LogP contribution < -0.4 is 15.4 Å². The maximum Gasteiger partial charge on any atom is 0.225 e. The number of nitrogens with zero attached hydrogens (tertiary/aromatic N) is 4. The van der Waals surface area contributed by atoms with Crippen molar-refractivity contribution in [2.45, 2.75) is 50.0 Å². The minimum absolute atomic E-state index is 0.01000. The second-order valence-corrected chi connectivity index (χ2v) is 14.6. The summed E-state index contributed by atoms with van der Waals surface area (Å²) in [6.07, 6.45) is -1.08. The van der Waals surface area contributed by atoms with Gasteiger partial charge in [-0.25, -0.2) is 31.6 Å². The molecule has 3 aromatic heterocycles. The highest BCUT2D eigenvalue weighted by Crippen LogP contribution is 2.39. The Hall–Kier alpha value is -4.38. The third kappa shape index (κ3) is 6.65. The lowest BCUT2D eigenvalue weighted by atomic mass is 10.1. The third-order valence-electron chi connectivity index (χ3n) is 8.30. The number of rotatable bonds is 10. The summed E-state index contributed by atoms with van der Waals surface area (Å²) in [5.41, 5.74) is 2.05. The molecule has 48 heavy (non-hydrogen) atoms. The smallest absolute Gasteiger partial charge is 0.225 e. The number of hydrogen-bond acceptors (Lipinski definition) is 12. The Labute approximate surface area is 277 Å². The number of methoxy groups -OCH3 is 1.